The van der Waals surface area contributed by atoms with Crippen molar-refractivity contribution in [2.75, 3.05) is 13.2 Å². The normalized spacial score (nSPS) is 13.8. The molecular weight excluding hydrogens is 191 g/mol. The lowest BCUT2D eigenvalue weighted by molar-refractivity contribution is 0.0685. The van der Waals surface area contributed by atoms with Crippen molar-refractivity contribution in [3.8, 4) is 11.5 Å². The zero-order chi connectivity index (χ0) is 10.1. The molecule has 0 saturated carbocycles. The van der Waals surface area contributed by atoms with Gasteiger partial charge in [0.1, 0.15) is 18.8 Å². The number of carboxylic acids is 1. The number of hydrogen-bond acceptors (Lipinski definition) is 3. The van der Waals surface area contributed by atoms with Gasteiger partial charge in [-0.15, -0.1) is 0 Å². The summed E-state index contributed by atoms with van der Waals surface area (Å²) in [5.74, 6) is -1.91. The molecule has 1 aliphatic heterocycles. The Labute approximate surface area is 78.9 Å². The van der Waals surface area contributed by atoms with E-state index in [2.05, 4.69) is 0 Å². The number of fused-ring (bicyclic) bond motifs is 1. The third-order valence-electron chi connectivity index (χ3n) is 1.87. The molecule has 1 aromatic rings. The van der Waals surface area contributed by atoms with Gasteiger partial charge in [-0.2, -0.15) is 0 Å². The molecule has 0 fully saturated rings. The number of rotatable bonds is 1. The van der Waals surface area contributed by atoms with Crippen molar-refractivity contribution < 1.29 is 23.8 Å². The summed E-state index contributed by atoms with van der Waals surface area (Å²) in [7, 11) is 0. The lowest BCUT2D eigenvalue weighted by atomic mass is 10.1. The Morgan fingerprint density at radius 3 is 2.57 bits per heavy atom. The molecule has 0 unspecified atom stereocenters. The van der Waals surface area contributed by atoms with Gasteiger partial charge in [0.15, 0.2) is 17.3 Å². The van der Waals surface area contributed by atoms with Crippen molar-refractivity contribution in [2.45, 2.75) is 0 Å². The van der Waals surface area contributed by atoms with Crippen LogP contribution in [0.3, 0.4) is 0 Å². The van der Waals surface area contributed by atoms with Crippen LogP contribution in [0.2, 0.25) is 0 Å². The number of benzene rings is 1. The van der Waals surface area contributed by atoms with Crippen LogP contribution in [0.5, 0.6) is 11.5 Å². The lowest BCUT2D eigenvalue weighted by Gasteiger charge is -2.19. The Bertz CT molecular complexity index is 389. The number of carboxylic acid groups (broad SMARTS) is 1. The maximum Gasteiger partial charge on any atom is 0.339 e. The first-order valence-corrected chi connectivity index (χ1v) is 4.01. The summed E-state index contributed by atoms with van der Waals surface area (Å²) in [6, 6.07) is 2.21. The van der Waals surface area contributed by atoms with Gasteiger partial charge in [0, 0.05) is 0 Å². The maximum absolute atomic E-state index is 13.1. The molecule has 5 heteroatoms. The SMILES string of the molecule is O=C(O)c1ccc(F)c2c1OCCO2. The maximum atomic E-state index is 13.1. The number of carbonyl (C=O) groups is 1. The van der Waals surface area contributed by atoms with Gasteiger partial charge in [-0.25, -0.2) is 9.18 Å². The molecule has 0 atom stereocenters. The topological polar surface area (TPSA) is 55.8 Å². The van der Waals surface area contributed by atoms with Gasteiger partial charge in [-0.3, -0.25) is 0 Å². The minimum Gasteiger partial charge on any atom is -0.485 e. The van der Waals surface area contributed by atoms with E-state index < -0.39 is 11.8 Å². The van der Waals surface area contributed by atoms with Crippen LogP contribution in [-0.2, 0) is 0 Å². The van der Waals surface area contributed by atoms with E-state index in [0.717, 1.165) is 12.1 Å². The van der Waals surface area contributed by atoms with Gasteiger partial charge >= 0.3 is 5.97 Å². The van der Waals surface area contributed by atoms with Crippen molar-refractivity contribution in [3.63, 3.8) is 0 Å². The summed E-state index contributed by atoms with van der Waals surface area (Å²) in [5, 5.41) is 8.77. The second-order valence-corrected chi connectivity index (χ2v) is 2.76. The number of halogens is 1. The average Bonchev–Trinajstić information content (AvgIpc) is 2.18. The van der Waals surface area contributed by atoms with Crippen molar-refractivity contribution in [1.29, 1.82) is 0 Å². The van der Waals surface area contributed by atoms with Gasteiger partial charge < -0.3 is 14.6 Å². The zero-order valence-electron chi connectivity index (χ0n) is 7.12. The molecule has 2 rings (SSSR count). The van der Waals surface area contributed by atoms with Crippen LogP contribution in [0.4, 0.5) is 4.39 Å². The first kappa shape index (κ1) is 8.80. The molecule has 14 heavy (non-hydrogen) atoms. The fraction of sp³-hybridized carbons (Fsp3) is 0.222. The van der Waals surface area contributed by atoms with E-state index in [4.69, 9.17) is 14.6 Å². The first-order chi connectivity index (χ1) is 6.70. The molecule has 0 aromatic heterocycles. The Kier molecular flexibility index (Phi) is 1.99. The zero-order valence-corrected chi connectivity index (χ0v) is 7.12. The molecule has 0 radical (unpaired) electrons. The van der Waals surface area contributed by atoms with E-state index in [-0.39, 0.29) is 30.3 Å². The fourth-order valence-electron chi connectivity index (χ4n) is 1.27. The molecule has 0 spiro atoms. The quantitative estimate of drug-likeness (QED) is 0.738. The monoisotopic (exact) mass is 198 g/mol. The Balaban J connectivity index is 2.59. The van der Waals surface area contributed by atoms with Gasteiger partial charge in [0.25, 0.3) is 0 Å². The second-order valence-electron chi connectivity index (χ2n) is 2.76. The Morgan fingerprint density at radius 2 is 1.93 bits per heavy atom. The average molecular weight is 198 g/mol. The van der Waals surface area contributed by atoms with Crippen LogP contribution in [0.1, 0.15) is 10.4 Å². The van der Waals surface area contributed by atoms with E-state index >= 15 is 0 Å². The highest BCUT2D eigenvalue weighted by Gasteiger charge is 2.23. The molecule has 74 valence electrons. The molecule has 0 amide bonds. The molecule has 1 heterocycles. The summed E-state index contributed by atoms with van der Waals surface area (Å²) >= 11 is 0. The van der Waals surface area contributed by atoms with E-state index in [0.29, 0.717) is 0 Å². The van der Waals surface area contributed by atoms with Crippen LogP contribution >= 0.6 is 0 Å². The Hall–Kier alpha value is -1.78. The van der Waals surface area contributed by atoms with Gasteiger partial charge in [-0.1, -0.05) is 0 Å². The standard InChI is InChI=1S/C9H7FO4/c10-6-2-1-5(9(11)12)7-8(6)14-4-3-13-7/h1-2H,3-4H2,(H,11,12). The van der Waals surface area contributed by atoms with Crippen LogP contribution in [0.15, 0.2) is 12.1 Å². The van der Waals surface area contributed by atoms with Crippen molar-refractivity contribution in [3.05, 3.63) is 23.5 Å². The van der Waals surface area contributed by atoms with Crippen LogP contribution < -0.4 is 9.47 Å². The molecule has 0 aliphatic carbocycles. The molecule has 1 aliphatic rings. The smallest absolute Gasteiger partial charge is 0.339 e. The second kappa shape index (κ2) is 3.17. The molecule has 0 saturated heterocycles. The summed E-state index contributed by atoms with van der Waals surface area (Å²) < 4.78 is 23.1. The molecule has 1 N–H and O–H groups in total. The number of ether oxygens (including phenoxy) is 2. The first-order valence-electron chi connectivity index (χ1n) is 4.01. The summed E-state index contributed by atoms with van der Waals surface area (Å²) in [5.41, 5.74) is -0.0823. The highest BCUT2D eigenvalue weighted by molar-refractivity contribution is 5.92. The van der Waals surface area contributed by atoms with E-state index in [1.165, 1.54) is 0 Å². The highest BCUT2D eigenvalue weighted by Crippen LogP contribution is 2.36. The largest absolute Gasteiger partial charge is 0.485 e. The molecular formula is C9H7FO4. The van der Waals surface area contributed by atoms with Gasteiger partial charge in [0.05, 0.1) is 0 Å². The van der Waals surface area contributed by atoms with E-state index in [1.807, 2.05) is 0 Å². The molecule has 4 nitrogen and oxygen atoms in total. The van der Waals surface area contributed by atoms with E-state index in [1.54, 1.807) is 0 Å². The predicted octanol–water partition coefficient (Wildman–Crippen LogP) is 1.30. The number of hydrogen-bond donors (Lipinski definition) is 1. The number of aromatic carboxylic acids is 1. The van der Waals surface area contributed by atoms with Crippen LogP contribution in [0, 0.1) is 5.82 Å². The Morgan fingerprint density at radius 1 is 1.29 bits per heavy atom. The van der Waals surface area contributed by atoms with Crippen LogP contribution in [-0.4, -0.2) is 24.3 Å². The van der Waals surface area contributed by atoms with Crippen molar-refractivity contribution in [1.82, 2.24) is 0 Å². The van der Waals surface area contributed by atoms with Crippen molar-refractivity contribution in [2.24, 2.45) is 0 Å². The van der Waals surface area contributed by atoms with Gasteiger partial charge in [-0.05, 0) is 12.1 Å². The fourth-order valence-corrected chi connectivity index (χ4v) is 1.27. The lowest BCUT2D eigenvalue weighted by Crippen LogP contribution is -2.18. The third kappa shape index (κ3) is 1.26. The summed E-state index contributed by atoms with van der Waals surface area (Å²) in [6.45, 7) is 0.462. The van der Waals surface area contributed by atoms with Crippen molar-refractivity contribution >= 4 is 5.97 Å². The third-order valence-corrected chi connectivity index (χ3v) is 1.87. The summed E-state index contributed by atoms with van der Waals surface area (Å²) in [6.07, 6.45) is 0. The minimum atomic E-state index is -1.16. The van der Waals surface area contributed by atoms with E-state index in [9.17, 15) is 9.18 Å². The molecule has 1 aromatic carbocycles. The summed E-state index contributed by atoms with van der Waals surface area (Å²) in [4.78, 5) is 10.7. The predicted molar refractivity (Wildman–Crippen MR) is 44.3 cm³/mol. The van der Waals surface area contributed by atoms with Crippen LogP contribution in [0.25, 0.3) is 0 Å². The highest BCUT2D eigenvalue weighted by atomic mass is 19.1. The molecule has 0 bridgehead atoms. The van der Waals surface area contributed by atoms with Gasteiger partial charge in [0.2, 0.25) is 0 Å². The minimum absolute atomic E-state index is 0.0243.